The molecule has 0 N–H and O–H groups in total. The minimum Gasteiger partial charge on any atom is -0.348 e. The van der Waals surface area contributed by atoms with Crippen molar-refractivity contribution in [2.75, 3.05) is 26.3 Å². The monoisotopic (exact) mass is 457 g/mol. The third kappa shape index (κ3) is 3.61. The second-order valence-electron chi connectivity index (χ2n) is 8.94. The maximum atomic E-state index is 13.9. The van der Waals surface area contributed by atoms with Gasteiger partial charge < -0.3 is 19.3 Å². The Hall–Kier alpha value is -2.85. The molecule has 10 heteroatoms. The fraction of sp³-hybridized carbons (Fsp3) is 0.565. The highest BCUT2D eigenvalue weighted by Crippen LogP contribution is 2.46. The van der Waals surface area contributed by atoms with Crippen LogP contribution >= 0.6 is 0 Å². The third-order valence-electron chi connectivity index (χ3n) is 7.26. The SMILES string of the molecule is CCN1C(=O)CN([C@@H](C)c2ccc(-n3cc(F)cn3)nc2)C(=O)C12CCC1(CC2)OCCO1. The molecule has 0 aromatic carbocycles. The van der Waals surface area contributed by atoms with Gasteiger partial charge in [-0.15, -0.1) is 0 Å². The Morgan fingerprint density at radius 1 is 1.12 bits per heavy atom. The maximum absolute atomic E-state index is 13.9. The number of carbonyl (C=O) groups is 2. The van der Waals surface area contributed by atoms with Gasteiger partial charge in [0.1, 0.15) is 12.1 Å². The van der Waals surface area contributed by atoms with Crippen molar-refractivity contribution < 1.29 is 23.5 Å². The Bertz CT molecular complexity index is 1040. The Labute approximate surface area is 191 Å². The van der Waals surface area contributed by atoms with Crippen molar-refractivity contribution in [3.8, 4) is 5.82 Å². The van der Waals surface area contributed by atoms with Crippen molar-refractivity contribution in [1.82, 2.24) is 24.6 Å². The van der Waals surface area contributed by atoms with E-state index in [1.165, 1.54) is 10.9 Å². The molecule has 2 aliphatic heterocycles. The number of ether oxygens (including phenoxy) is 2. The lowest BCUT2D eigenvalue weighted by Gasteiger charge is -2.54. The summed E-state index contributed by atoms with van der Waals surface area (Å²) < 4.78 is 26.3. The quantitative estimate of drug-likeness (QED) is 0.700. The average molecular weight is 458 g/mol. The zero-order valence-electron chi connectivity index (χ0n) is 18.9. The van der Waals surface area contributed by atoms with E-state index in [1.54, 1.807) is 22.1 Å². The number of halogens is 1. The summed E-state index contributed by atoms with van der Waals surface area (Å²) in [5.41, 5.74) is -0.0823. The van der Waals surface area contributed by atoms with Crippen LogP contribution in [0.3, 0.4) is 0 Å². The van der Waals surface area contributed by atoms with Gasteiger partial charge in [-0.2, -0.15) is 5.10 Å². The number of hydrogen-bond acceptors (Lipinski definition) is 6. The Morgan fingerprint density at radius 2 is 1.85 bits per heavy atom. The smallest absolute Gasteiger partial charge is 0.249 e. The van der Waals surface area contributed by atoms with Crippen LogP contribution in [0, 0.1) is 5.82 Å². The summed E-state index contributed by atoms with van der Waals surface area (Å²) in [5.74, 6) is -0.681. The third-order valence-corrected chi connectivity index (χ3v) is 7.26. The lowest BCUT2D eigenvalue weighted by Crippen LogP contribution is -2.70. The van der Waals surface area contributed by atoms with Gasteiger partial charge in [-0.1, -0.05) is 6.07 Å². The van der Waals surface area contributed by atoms with E-state index in [0.717, 1.165) is 11.8 Å². The van der Waals surface area contributed by atoms with Gasteiger partial charge in [0.15, 0.2) is 17.4 Å². The van der Waals surface area contributed by atoms with E-state index in [2.05, 4.69) is 10.1 Å². The van der Waals surface area contributed by atoms with Crippen LogP contribution in [0.15, 0.2) is 30.7 Å². The van der Waals surface area contributed by atoms with E-state index in [0.29, 0.717) is 51.3 Å². The van der Waals surface area contributed by atoms with Crippen LogP contribution in [0.1, 0.15) is 51.1 Å². The topological polar surface area (TPSA) is 89.8 Å². The zero-order valence-corrected chi connectivity index (χ0v) is 18.9. The molecule has 3 aliphatic rings. The number of carbonyl (C=O) groups excluding carboxylic acids is 2. The number of aromatic nitrogens is 3. The second-order valence-corrected chi connectivity index (χ2v) is 8.94. The van der Waals surface area contributed by atoms with Gasteiger partial charge in [0, 0.05) is 25.6 Å². The van der Waals surface area contributed by atoms with Gasteiger partial charge in [0.25, 0.3) is 0 Å². The van der Waals surface area contributed by atoms with Crippen LogP contribution in [0.5, 0.6) is 0 Å². The molecule has 2 aromatic rings. The molecular formula is C23H28FN5O4. The molecule has 0 radical (unpaired) electrons. The summed E-state index contributed by atoms with van der Waals surface area (Å²) in [5, 5.41) is 3.92. The Kier molecular flexibility index (Phi) is 5.44. The molecule has 2 amide bonds. The average Bonchev–Trinajstić information content (AvgIpc) is 3.47. The standard InChI is InChI=1S/C23H28FN5O4/c1-3-28-20(30)15-27(21(31)22(28)6-8-23(9-7-22)32-10-11-33-23)16(2)17-4-5-19(25-12-17)29-14-18(24)13-26-29/h4-5,12-14,16H,3,6-11,15H2,1-2H3/t16-/m0/s1. The van der Waals surface area contributed by atoms with Crippen LogP contribution in [0.2, 0.25) is 0 Å². The van der Waals surface area contributed by atoms with Crippen LogP contribution in [-0.4, -0.2) is 74.0 Å². The number of piperazine rings is 1. The van der Waals surface area contributed by atoms with Crippen molar-refractivity contribution in [2.45, 2.75) is 56.9 Å². The first-order valence-electron chi connectivity index (χ1n) is 11.4. The van der Waals surface area contributed by atoms with E-state index in [4.69, 9.17) is 9.47 Å². The van der Waals surface area contributed by atoms with E-state index in [9.17, 15) is 14.0 Å². The highest BCUT2D eigenvalue weighted by atomic mass is 19.1. The number of rotatable bonds is 4. The number of likely N-dealkylation sites (N-methyl/N-ethyl adjacent to an activating group) is 1. The van der Waals surface area contributed by atoms with Crippen molar-refractivity contribution in [3.05, 3.63) is 42.1 Å². The van der Waals surface area contributed by atoms with Gasteiger partial charge >= 0.3 is 0 Å². The number of nitrogens with zero attached hydrogens (tertiary/aromatic N) is 5. The first-order chi connectivity index (χ1) is 15.9. The predicted molar refractivity (Wildman–Crippen MR) is 115 cm³/mol. The molecule has 0 unspecified atom stereocenters. The molecule has 4 heterocycles. The molecular weight excluding hydrogens is 429 g/mol. The van der Waals surface area contributed by atoms with Gasteiger partial charge in [-0.25, -0.2) is 14.1 Å². The fourth-order valence-corrected chi connectivity index (χ4v) is 5.42. The lowest BCUT2D eigenvalue weighted by molar-refractivity contribution is -0.204. The molecule has 1 saturated carbocycles. The molecule has 33 heavy (non-hydrogen) atoms. The Morgan fingerprint density at radius 3 is 2.42 bits per heavy atom. The van der Waals surface area contributed by atoms with Crippen LogP contribution in [0.4, 0.5) is 4.39 Å². The predicted octanol–water partition coefficient (Wildman–Crippen LogP) is 2.21. The molecule has 0 bridgehead atoms. The first kappa shape index (κ1) is 22.0. The molecule has 1 atom stereocenters. The van der Waals surface area contributed by atoms with Crippen LogP contribution < -0.4 is 0 Å². The largest absolute Gasteiger partial charge is 0.348 e. The van der Waals surface area contributed by atoms with Gasteiger partial charge in [-0.3, -0.25) is 9.59 Å². The van der Waals surface area contributed by atoms with E-state index >= 15 is 0 Å². The van der Waals surface area contributed by atoms with E-state index in [-0.39, 0.29) is 24.4 Å². The zero-order chi connectivity index (χ0) is 23.2. The molecule has 5 rings (SSSR count). The Balaban J connectivity index is 1.39. The maximum Gasteiger partial charge on any atom is 0.249 e. The van der Waals surface area contributed by atoms with E-state index < -0.39 is 17.1 Å². The molecule has 2 saturated heterocycles. The number of amides is 2. The summed E-state index contributed by atoms with van der Waals surface area (Å²) in [7, 11) is 0. The van der Waals surface area contributed by atoms with Crippen molar-refractivity contribution in [2.24, 2.45) is 0 Å². The number of pyridine rings is 1. The van der Waals surface area contributed by atoms with Crippen LogP contribution in [-0.2, 0) is 19.1 Å². The fourth-order valence-electron chi connectivity index (χ4n) is 5.42. The molecule has 2 spiro atoms. The highest BCUT2D eigenvalue weighted by molar-refractivity contribution is 5.98. The summed E-state index contributed by atoms with van der Waals surface area (Å²) >= 11 is 0. The number of hydrogen-bond donors (Lipinski definition) is 0. The minimum absolute atomic E-state index is 0.0276. The van der Waals surface area contributed by atoms with Crippen LogP contribution in [0.25, 0.3) is 5.82 Å². The first-order valence-corrected chi connectivity index (χ1v) is 11.4. The minimum atomic E-state index is -0.876. The van der Waals surface area contributed by atoms with E-state index in [1.807, 2.05) is 19.9 Å². The molecule has 3 fully saturated rings. The lowest BCUT2D eigenvalue weighted by atomic mass is 9.74. The summed E-state index contributed by atoms with van der Waals surface area (Å²) in [6.45, 7) is 5.46. The van der Waals surface area contributed by atoms with Gasteiger partial charge in [0.05, 0.1) is 31.6 Å². The molecule has 2 aromatic heterocycles. The van der Waals surface area contributed by atoms with Gasteiger partial charge in [0.2, 0.25) is 11.8 Å². The van der Waals surface area contributed by atoms with Crippen molar-refractivity contribution >= 4 is 11.8 Å². The molecule has 176 valence electrons. The van der Waals surface area contributed by atoms with Crippen molar-refractivity contribution in [1.29, 1.82) is 0 Å². The highest BCUT2D eigenvalue weighted by Gasteiger charge is 2.57. The second kappa shape index (κ2) is 8.18. The molecule has 9 nitrogen and oxygen atoms in total. The van der Waals surface area contributed by atoms with Gasteiger partial charge in [-0.05, 0) is 38.3 Å². The summed E-state index contributed by atoms with van der Waals surface area (Å²) in [6.07, 6.45) is 6.20. The normalized spacial score (nSPS) is 23.0. The summed E-state index contributed by atoms with van der Waals surface area (Å²) in [4.78, 5) is 34.8. The van der Waals surface area contributed by atoms with Crippen molar-refractivity contribution in [3.63, 3.8) is 0 Å². The molecule has 1 aliphatic carbocycles. The summed E-state index contributed by atoms with van der Waals surface area (Å²) in [6, 6.07) is 3.21.